The fourth-order valence-corrected chi connectivity index (χ4v) is 5.12. The lowest BCUT2D eigenvalue weighted by atomic mass is 10.1. The highest BCUT2D eigenvalue weighted by molar-refractivity contribution is 7.92. The van der Waals surface area contributed by atoms with E-state index in [2.05, 4.69) is 0 Å². The second-order valence-corrected chi connectivity index (χ2v) is 8.02. The van der Waals surface area contributed by atoms with Gasteiger partial charge in [-0.15, -0.1) is 0 Å². The Kier molecular flexibility index (Phi) is 4.17. The summed E-state index contributed by atoms with van der Waals surface area (Å²) in [6.45, 7) is 0. The molecule has 2 aromatic carbocycles. The zero-order valence-corrected chi connectivity index (χ0v) is 13.9. The summed E-state index contributed by atoms with van der Waals surface area (Å²) in [5.74, 6) is -0.155. The third kappa shape index (κ3) is 2.86. The van der Waals surface area contributed by atoms with Gasteiger partial charge in [0.15, 0.2) is 9.84 Å². The molecule has 3 atom stereocenters. The summed E-state index contributed by atoms with van der Waals surface area (Å²) in [6.07, 6.45) is 0.729. The molecular formula is C17H15ClO4S. The summed E-state index contributed by atoms with van der Waals surface area (Å²) < 4.78 is 30.6. The molecule has 0 saturated heterocycles. The molecule has 0 spiro atoms. The molecule has 0 unspecified atom stereocenters. The second kappa shape index (κ2) is 5.98. The van der Waals surface area contributed by atoms with Crippen molar-refractivity contribution in [2.45, 2.75) is 16.1 Å². The van der Waals surface area contributed by atoms with Crippen molar-refractivity contribution in [3.8, 4) is 5.75 Å². The van der Waals surface area contributed by atoms with Crippen LogP contribution in [-0.4, -0.2) is 27.1 Å². The minimum Gasteiger partial charge on any atom is -0.497 e. The van der Waals surface area contributed by atoms with Crippen LogP contribution in [0.15, 0.2) is 53.4 Å². The molecule has 0 aliphatic heterocycles. The van der Waals surface area contributed by atoms with E-state index in [9.17, 15) is 13.2 Å². The Labute approximate surface area is 140 Å². The van der Waals surface area contributed by atoms with E-state index in [1.807, 2.05) is 0 Å². The van der Waals surface area contributed by atoms with Crippen molar-refractivity contribution in [2.75, 3.05) is 7.11 Å². The number of carbonyl (C=O) groups is 1. The highest BCUT2D eigenvalue weighted by atomic mass is 35.5. The standard InChI is InChI=1S/C17H15ClO4S/c1-22-13-6-2-11(3-7-13)16-15(10-19)17(16)23(20,21)14-8-4-12(18)5-9-14/h2-10,15-17H,1H3/t15-,16-,17-/m1/s1. The summed E-state index contributed by atoms with van der Waals surface area (Å²) in [5, 5.41) is -0.257. The van der Waals surface area contributed by atoms with E-state index in [0.29, 0.717) is 10.8 Å². The van der Waals surface area contributed by atoms with E-state index >= 15 is 0 Å². The fraction of sp³-hybridized carbons (Fsp3) is 0.235. The lowest BCUT2D eigenvalue weighted by Crippen LogP contribution is -2.11. The summed E-state index contributed by atoms with van der Waals surface area (Å²) in [4.78, 5) is 11.5. The van der Waals surface area contributed by atoms with Gasteiger partial charge in [-0.3, -0.25) is 0 Å². The minimum atomic E-state index is -3.58. The van der Waals surface area contributed by atoms with Gasteiger partial charge in [-0.2, -0.15) is 0 Å². The van der Waals surface area contributed by atoms with E-state index in [1.165, 1.54) is 24.3 Å². The van der Waals surface area contributed by atoms with Gasteiger partial charge in [0, 0.05) is 16.9 Å². The van der Waals surface area contributed by atoms with E-state index in [1.54, 1.807) is 31.4 Å². The van der Waals surface area contributed by atoms with E-state index in [-0.39, 0.29) is 10.8 Å². The second-order valence-electron chi connectivity index (χ2n) is 5.48. The van der Waals surface area contributed by atoms with Gasteiger partial charge in [-0.25, -0.2) is 8.42 Å². The minimum absolute atomic E-state index is 0.190. The normalized spacial score (nSPS) is 23.3. The highest BCUT2D eigenvalue weighted by Crippen LogP contribution is 2.53. The number of rotatable bonds is 5. The van der Waals surface area contributed by atoms with Crippen LogP contribution in [0, 0.1) is 5.92 Å². The number of aldehydes is 1. The van der Waals surface area contributed by atoms with Crippen molar-refractivity contribution in [1.82, 2.24) is 0 Å². The van der Waals surface area contributed by atoms with Crippen LogP contribution in [0.5, 0.6) is 5.75 Å². The van der Waals surface area contributed by atoms with Crippen LogP contribution in [-0.2, 0) is 14.6 Å². The molecule has 0 bridgehead atoms. The van der Waals surface area contributed by atoms with Crippen LogP contribution in [0.25, 0.3) is 0 Å². The van der Waals surface area contributed by atoms with E-state index in [0.717, 1.165) is 11.8 Å². The summed E-state index contributed by atoms with van der Waals surface area (Å²) in [6, 6.07) is 13.2. The molecule has 0 N–H and O–H groups in total. The monoisotopic (exact) mass is 350 g/mol. The maximum absolute atomic E-state index is 12.8. The van der Waals surface area contributed by atoms with Crippen LogP contribution in [0.3, 0.4) is 0 Å². The number of hydrogen-bond donors (Lipinski definition) is 0. The summed E-state index contributed by atoms with van der Waals surface area (Å²) in [5.41, 5.74) is 0.824. The molecule has 1 fully saturated rings. The topological polar surface area (TPSA) is 60.4 Å². The average molecular weight is 351 g/mol. The Morgan fingerprint density at radius 1 is 1.04 bits per heavy atom. The van der Waals surface area contributed by atoms with Gasteiger partial charge < -0.3 is 9.53 Å². The Morgan fingerprint density at radius 2 is 1.65 bits per heavy atom. The molecule has 0 aromatic heterocycles. The molecule has 4 nitrogen and oxygen atoms in total. The largest absolute Gasteiger partial charge is 0.497 e. The van der Waals surface area contributed by atoms with E-state index < -0.39 is 21.0 Å². The number of halogens is 1. The first kappa shape index (κ1) is 16.0. The maximum Gasteiger partial charge on any atom is 0.182 e. The Hall–Kier alpha value is -1.85. The number of sulfone groups is 1. The van der Waals surface area contributed by atoms with Crippen molar-refractivity contribution in [2.24, 2.45) is 5.92 Å². The smallest absolute Gasteiger partial charge is 0.182 e. The molecule has 1 aliphatic carbocycles. The van der Waals surface area contributed by atoms with Crippen LogP contribution in [0.2, 0.25) is 5.02 Å². The first-order valence-corrected chi connectivity index (χ1v) is 9.00. The Morgan fingerprint density at radius 3 is 2.17 bits per heavy atom. The molecule has 2 aromatic rings. The molecule has 3 rings (SSSR count). The lowest BCUT2D eigenvalue weighted by molar-refractivity contribution is -0.108. The van der Waals surface area contributed by atoms with Gasteiger partial charge in [0.1, 0.15) is 12.0 Å². The molecular weight excluding hydrogens is 336 g/mol. The van der Waals surface area contributed by atoms with Gasteiger partial charge in [-0.1, -0.05) is 23.7 Å². The fourth-order valence-electron chi connectivity index (χ4n) is 2.89. The molecule has 0 amide bonds. The molecule has 0 radical (unpaired) electrons. The first-order valence-electron chi connectivity index (χ1n) is 7.07. The van der Waals surface area contributed by atoms with Gasteiger partial charge >= 0.3 is 0 Å². The molecule has 1 aliphatic rings. The quantitative estimate of drug-likeness (QED) is 0.777. The van der Waals surface area contributed by atoms with Crippen molar-refractivity contribution in [3.05, 3.63) is 59.1 Å². The third-order valence-electron chi connectivity index (χ3n) is 4.17. The zero-order valence-electron chi connectivity index (χ0n) is 12.3. The number of ether oxygens (including phenoxy) is 1. The maximum atomic E-state index is 12.8. The predicted octanol–water partition coefficient (Wildman–Crippen LogP) is 3.10. The molecule has 1 saturated carbocycles. The van der Waals surface area contributed by atoms with Crippen LogP contribution >= 0.6 is 11.6 Å². The number of methoxy groups -OCH3 is 1. The average Bonchev–Trinajstić information content (AvgIpc) is 3.31. The molecule has 0 heterocycles. The SMILES string of the molecule is COc1ccc([C@@H]2[C@@H](C=O)[C@H]2S(=O)(=O)c2ccc(Cl)cc2)cc1. The van der Waals surface area contributed by atoms with Crippen molar-refractivity contribution < 1.29 is 17.9 Å². The molecule has 23 heavy (non-hydrogen) atoms. The van der Waals surface area contributed by atoms with Crippen molar-refractivity contribution in [3.63, 3.8) is 0 Å². The lowest BCUT2D eigenvalue weighted by Gasteiger charge is -2.05. The van der Waals surface area contributed by atoms with Crippen molar-refractivity contribution in [1.29, 1.82) is 0 Å². The summed E-state index contributed by atoms with van der Waals surface area (Å²) in [7, 11) is -2.01. The zero-order chi connectivity index (χ0) is 16.6. The van der Waals surface area contributed by atoms with Gasteiger partial charge in [0.25, 0.3) is 0 Å². The first-order chi connectivity index (χ1) is 11.0. The van der Waals surface area contributed by atoms with Gasteiger partial charge in [0.05, 0.1) is 17.3 Å². The highest BCUT2D eigenvalue weighted by Gasteiger charge is 2.59. The third-order valence-corrected chi connectivity index (χ3v) is 6.67. The number of hydrogen-bond acceptors (Lipinski definition) is 4. The van der Waals surface area contributed by atoms with Crippen LogP contribution < -0.4 is 4.74 Å². The van der Waals surface area contributed by atoms with Crippen molar-refractivity contribution >= 4 is 27.7 Å². The number of carbonyl (C=O) groups excluding carboxylic acids is 1. The Balaban J connectivity index is 1.92. The molecule has 120 valence electrons. The van der Waals surface area contributed by atoms with E-state index in [4.69, 9.17) is 16.3 Å². The Bertz CT molecular complexity index is 813. The predicted molar refractivity (Wildman–Crippen MR) is 87.7 cm³/mol. The molecule has 6 heteroatoms. The summed E-state index contributed by atoms with van der Waals surface area (Å²) >= 11 is 5.80. The van der Waals surface area contributed by atoms with Gasteiger partial charge in [-0.05, 0) is 42.0 Å². The van der Waals surface area contributed by atoms with Crippen LogP contribution in [0.1, 0.15) is 11.5 Å². The number of benzene rings is 2. The van der Waals surface area contributed by atoms with Gasteiger partial charge in [0.2, 0.25) is 0 Å². The van der Waals surface area contributed by atoms with Crippen LogP contribution in [0.4, 0.5) is 0 Å².